The highest BCUT2D eigenvalue weighted by atomic mass is 16.5. The quantitative estimate of drug-likeness (QED) is 0.845. The van der Waals surface area contributed by atoms with E-state index in [9.17, 15) is 4.79 Å². The molecule has 1 rings (SSSR count). The summed E-state index contributed by atoms with van der Waals surface area (Å²) in [5.41, 5.74) is -0.152. The van der Waals surface area contributed by atoms with Gasteiger partial charge in [0.25, 0.3) is 5.91 Å². The van der Waals surface area contributed by atoms with E-state index in [1.54, 1.807) is 6.92 Å². The van der Waals surface area contributed by atoms with Crippen LogP contribution in [0, 0.1) is 0 Å². The minimum absolute atomic E-state index is 0.167. The molecule has 0 aromatic heterocycles. The summed E-state index contributed by atoms with van der Waals surface area (Å²) >= 11 is 0. The van der Waals surface area contributed by atoms with Gasteiger partial charge >= 0.3 is 0 Å². The van der Waals surface area contributed by atoms with Crippen LogP contribution in [0.4, 0.5) is 5.69 Å². The van der Waals surface area contributed by atoms with E-state index in [2.05, 4.69) is 5.32 Å². The van der Waals surface area contributed by atoms with Crippen LogP contribution in [0.15, 0.2) is 24.3 Å². The molecule has 0 aliphatic heterocycles. The molecule has 1 aromatic carbocycles. The van der Waals surface area contributed by atoms with Crippen LogP contribution in [0.2, 0.25) is 0 Å². The Bertz CT molecular complexity index is 400. The fourth-order valence-electron chi connectivity index (χ4n) is 1.50. The second-order valence-electron chi connectivity index (χ2n) is 4.17. The number of carbonyl (C=O) groups excluding carboxylic acids is 1. The highest BCUT2D eigenvalue weighted by Gasteiger charge is 2.31. The number of anilines is 1. The molecule has 4 heteroatoms. The number of para-hydroxylation sites is 2. The number of hydrogen-bond donors (Lipinski definition) is 1. The van der Waals surface area contributed by atoms with Gasteiger partial charge in [-0.2, -0.15) is 0 Å². The number of hydrogen-bond acceptors (Lipinski definition) is 3. The topological polar surface area (TPSA) is 47.6 Å². The second kappa shape index (κ2) is 6.40. The van der Waals surface area contributed by atoms with Crippen molar-refractivity contribution in [1.29, 1.82) is 0 Å². The van der Waals surface area contributed by atoms with E-state index in [4.69, 9.17) is 9.47 Å². The summed E-state index contributed by atoms with van der Waals surface area (Å²) in [5, 5.41) is 2.85. The largest absolute Gasteiger partial charge is 0.492 e. The van der Waals surface area contributed by atoms with Crippen molar-refractivity contribution in [1.82, 2.24) is 0 Å². The van der Waals surface area contributed by atoms with Gasteiger partial charge in [0.15, 0.2) is 0 Å². The van der Waals surface area contributed by atoms with E-state index in [-0.39, 0.29) is 5.91 Å². The lowest BCUT2D eigenvalue weighted by molar-refractivity contribution is -0.136. The van der Waals surface area contributed by atoms with E-state index < -0.39 is 5.60 Å². The molecule has 0 saturated carbocycles. The average Bonchev–Trinajstić information content (AvgIpc) is 2.40. The van der Waals surface area contributed by atoms with Gasteiger partial charge in [0.1, 0.15) is 11.4 Å². The first-order chi connectivity index (χ1) is 8.57. The smallest absolute Gasteiger partial charge is 0.256 e. The van der Waals surface area contributed by atoms with Gasteiger partial charge in [0.05, 0.1) is 12.3 Å². The van der Waals surface area contributed by atoms with Crippen molar-refractivity contribution in [3.8, 4) is 5.75 Å². The van der Waals surface area contributed by atoms with Gasteiger partial charge in [-0.25, -0.2) is 0 Å². The molecule has 1 atom stereocenters. The van der Waals surface area contributed by atoms with E-state index in [1.165, 1.54) is 7.11 Å². The summed E-state index contributed by atoms with van der Waals surface area (Å²) < 4.78 is 10.7. The number of methoxy groups -OCH3 is 1. The van der Waals surface area contributed by atoms with Gasteiger partial charge in [0, 0.05) is 7.11 Å². The van der Waals surface area contributed by atoms with Crippen molar-refractivity contribution >= 4 is 11.6 Å². The fraction of sp³-hybridized carbons (Fsp3) is 0.500. The number of ether oxygens (including phenoxy) is 2. The average molecular weight is 251 g/mol. The van der Waals surface area contributed by atoms with Crippen molar-refractivity contribution in [2.75, 3.05) is 19.0 Å². The van der Waals surface area contributed by atoms with Gasteiger partial charge in [-0.05, 0) is 32.4 Å². The molecule has 0 saturated heterocycles. The van der Waals surface area contributed by atoms with Crippen molar-refractivity contribution in [2.24, 2.45) is 0 Å². The minimum atomic E-state index is -0.820. The number of benzene rings is 1. The molecule has 1 aromatic rings. The minimum Gasteiger partial charge on any atom is -0.492 e. The normalized spacial score (nSPS) is 13.8. The third-order valence-corrected chi connectivity index (χ3v) is 3.04. The first kappa shape index (κ1) is 14.5. The van der Waals surface area contributed by atoms with Crippen LogP contribution >= 0.6 is 0 Å². The molecule has 1 amide bonds. The van der Waals surface area contributed by atoms with Crippen molar-refractivity contribution in [3.05, 3.63) is 24.3 Å². The van der Waals surface area contributed by atoms with E-state index in [0.29, 0.717) is 24.5 Å². The molecule has 0 heterocycles. The van der Waals surface area contributed by atoms with Crippen molar-refractivity contribution < 1.29 is 14.3 Å². The Kier molecular flexibility index (Phi) is 5.16. The van der Waals surface area contributed by atoms with Crippen LogP contribution in [0.1, 0.15) is 27.2 Å². The van der Waals surface area contributed by atoms with Crippen LogP contribution < -0.4 is 10.1 Å². The molecule has 1 unspecified atom stereocenters. The molecular weight excluding hydrogens is 230 g/mol. The molecule has 0 bridgehead atoms. The number of rotatable bonds is 6. The van der Waals surface area contributed by atoms with Crippen molar-refractivity contribution in [2.45, 2.75) is 32.8 Å². The summed E-state index contributed by atoms with van der Waals surface area (Å²) in [7, 11) is 1.54. The zero-order valence-electron chi connectivity index (χ0n) is 11.4. The monoisotopic (exact) mass is 251 g/mol. The Hall–Kier alpha value is -1.55. The molecule has 1 N–H and O–H groups in total. The first-order valence-corrected chi connectivity index (χ1v) is 6.15. The van der Waals surface area contributed by atoms with Crippen LogP contribution in [0.25, 0.3) is 0 Å². The summed E-state index contributed by atoms with van der Waals surface area (Å²) in [6.07, 6.45) is 0.603. The van der Waals surface area contributed by atoms with Gasteiger partial charge < -0.3 is 14.8 Å². The standard InChI is InChI=1S/C14H21NO3/c1-5-14(3,17-4)13(16)15-11-9-7-8-10-12(11)18-6-2/h7-10H,5-6H2,1-4H3,(H,15,16). The predicted molar refractivity (Wildman–Crippen MR) is 71.9 cm³/mol. The SMILES string of the molecule is CCOc1ccccc1NC(=O)C(C)(CC)OC. The summed E-state index contributed by atoms with van der Waals surface area (Å²) in [5.74, 6) is 0.502. The Labute approximate surface area is 108 Å². The molecule has 0 aliphatic rings. The number of nitrogens with one attached hydrogen (secondary N) is 1. The third kappa shape index (κ3) is 3.23. The zero-order chi connectivity index (χ0) is 13.6. The Morgan fingerprint density at radius 2 is 2.00 bits per heavy atom. The maximum Gasteiger partial charge on any atom is 0.256 e. The lowest BCUT2D eigenvalue weighted by atomic mass is 10.0. The Balaban J connectivity index is 2.87. The molecule has 0 fully saturated rings. The predicted octanol–water partition coefficient (Wildman–Crippen LogP) is 2.84. The van der Waals surface area contributed by atoms with E-state index in [0.717, 1.165) is 0 Å². The number of carbonyl (C=O) groups is 1. The van der Waals surface area contributed by atoms with Gasteiger partial charge in [-0.15, -0.1) is 0 Å². The van der Waals surface area contributed by atoms with E-state index >= 15 is 0 Å². The van der Waals surface area contributed by atoms with Crippen molar-refractivity contribution in [3.63, 3.8) is 0 Å². The molecular formula is C14H21NO3. The highest BCUT2D eigenvalue weighted by molar-refractivity contribution is 5.98. The second-order valence-corrected chi connectivity index (χ2v) is 4.17. The first-order valence-electron chi connectivity index (χ1n) is 6.15. The lowest BCUT2D eigenvalue weighted by Crippen LogP contribution is -2.41. The zero-order valence-corrected chi connectivity index (χ0v) is 11.4. The highest BCUT2D eigenvalue weighted by Crippen LogP contribution is 2.26. The number of amides is 1. The third-order valence-electron chi connectivity index (χ3n) is 3.04. The molecule has 18 heavy (non-hydrogen) atoms. The maximum absolute atomic E-state index is 12.2. The Morgan fingerprint density at radius 1 is 1.33 bits per heavy atom. The molecule has 0 radical (unpaired) electrons. The van der Waals surface area contributed by atoms with Crippen LogP contribution in [0.3, 0.4) is 0 Å². The van der Waals surface area contributed by atoms with Gasteiger partial charge in [-0.1, -0.05) is 19.1 Å². The molecule has 0 aliphatic carbocycles. The summed E-state index contributed by atoms with van der Waals surface area (Å²) in [4.78, 5) is 12.2. The van der Waals surface area contributed by atoms with Crippen LogP contribution in [0.5, 0.6) is 5.75 Å². The summed E-state index contributed by atoms with van der Waals surface area (Å²) in [6.45, 7) is 6.15. The van der Waals surface area contributed by atoms with Gasteiger partial charge in [0.2, 0.25) is 0 Å². The molecule has 0 spiro atoms. The maximum atomic E-state index is 12.2. The van der Waals surface area contributed by atoms with Gasteiger partial charge in [-0.3, -0.25) is 4.79 Å². The summed E-state index contributed by atoms with van der Waals surface area (Å²) in [6, 6.07) is 7.37. The fourth-order valence-corrected chi connectivity index (χ4v) is 1.50. The van der Waals surface area contributed by atoms with Crippen LogP contribution in [-0.4, -0.2) is 25.2 Å². The molecule has 100 valence electrons. The van der Waals surface area contributed by atoms with Crippen LogP contribution in [-0.2, 0) is 9.53 Å². The molecule has 4 nitrogen and oxygen atoms in total. The van der Waals surface area contributed by atoms with E-state index in [1.807, 2.05) is 38.1 Å². The lowest BCUT2D eigenvalue weighted by Gasteiger charge is -2.25. The Morgan fingerprint density at radius 3 is 2.56 bits per heavy atom.